The van der Waals surface area contributed by atoms with E-state index in [9.17, 15) is 9.18 Å². The van der Waals surface area contributed by atoms with Gasteiger partial charge in [0.15, 0.2) is 22.5 Å². The second-order valence-electron chi connectivity index (χ2n) is 7.55. The molecule has 176 valence electrons. The van der Waals surface area contributed by atoms with Crippen LogP contribution in [-0.2, 0) is 17.9 Å². The summed E-state index contributed by atoms with van der Waals surface area (Å²) < 4.78 is 26.2. The molecule has 7 nitrogen and oxygen atoms in total. The Kier molecular flexibility index (Phi) is 8.71. The van der Waals surface area contributed by atoms with E-state index in [1.165, 1.54) is 24.9 Å². The second kappa shape index (κ2) is 11.7. The van der Waals surface area contributed by atoms with Gasteiger partial charge in [0.2, 0.25) is 5.91 Å². The number of nitrogens with zero attached hydrogens (tertiary/aromatic N) is 4. The molecule has 0 bridgehead atoms. The number of halogens is 1. The Morgan fingerprint density at radius 1 is 1.12 bits per heavy atom. The van der Waals surface area contributed by atoms with Crippen LogP contribution >= 0.6 is 11.8 Å². The Hall–Kier alpha value is -3.07. The molecule has 0 N–H and O–H groups in total. The molecule has 9 heteroatoms. The van der Waals surface area contributed by atoms with Crippen LogP contribution in [-0.4, -0.2) is 52.6 Å². The van der Waals surface area contributed by atoms with Crippen LogP contribution in [0.5, 0.6) is 11.5 Å². The smallest absolute Gasteiger partial charge is 0.233 e. The van der Waals surface area contributed by atoms with Gasteiger partial charge >= 0.3 is 0 Å². The fraction of sp³-hybridized carbons (Fsp3) is 0.375. The molecule has 0 saturated carbocycles. The monoisotopic (exact) mass is 472 g/mol. The summed E-state index contributed by atoms with van der Waals surface area (Å²) in [5.74, 6) is 1.42. The van der Waals surface area contributed by atoms with Crippen molar-refractivity contribution in [1.29, 1.82) is 0 Å². The van der Waals surface area contributed by atoms with E-state index in [4.69, 9.17) is 9.47 Å². The molecule has 1 aromatic heterocycles. The van der Waals surface area contributed by atoms with Gasteiger partial charge in [0, 0.05) is 25.7 Å². The lowest BCUT2D eigenvalue weighted by molar-refractivity contribution is -0.127. The van der Waals surface area contributed by atoms with Crippen molar-refractivity contribution in [2.45, 2.75) is 38.0 Å². The Morgan fingerprint density at radius 2 is 1.88 bits per heavy atom. The number of hydrogen-bond acceptors (Lipinski definition) is 6. The van der Waals surface area contributed by atoms with E-state index in [1.807, 2.05) is 24.3 Å². The zero-order valence-corrected chi connectivity index (χ0v) is 20.2. The molecular formula is C24H29FN4O3S. The maximum atomic E-state index is 13.9. The molecule has 0 unspecified atom stereocenters. The van der Waals surface area contributed by atoms with Gasteiger partial charge in [-0.15, -0.1) is 10.2 Å². The largest absolute Gasteiger partial charge is 0.497 e. The summed E-state index contributed by atoms with van der Waals surface area (Å²) in [5.41, 5.74) is 1.64. The van der Waals surface area contributed by atoms with Gasteiger partial charge in [-0.1, -0.05) is 31.2 Å². The molecule has 0 spiro atoms. The molecule has 0 fully saturated rings. The molecule has 0 aliphatic heterocycles. The predicted octanol–water partition coefficient (Wildman–Crippen LogP) is 4.65. The van der Waals surface area contributed by atoms with E-state index >= 15 is 0 Å². The zero-order valence-electron chi connectivity index (χ0n) is 19.4. The number of amides is 1. The first kappa shape index (κ1) is 24.6. The lowest BCUT2D eigenvalue weighted by atomic mass is 10.2. The molecule has 1 heterocycles. The van der Waals surface area contributed by atoms with Gasteiger partial charge in [0.25, 0.3) is 0 Å². The van der Waals surface area contributed by atoms with E-state index in [-0.39, 0.29) is 17.4 Å². The van der Waals surface area contributed by atoms with Crippen molar-refractivity contribution < 1.29 is 18.7 Å². The fourth-order valence-electron chi connectivity index (χ4n) is 3.27. The lowest BCUT2D eigenvalue weighted by Crippen LogP contribution is -2.28. The second-order valence-corrected chi connectivity index (χ2v) is 8.49. The molecule has 0 radical (unpaired) electrons. The predicted molar refractivity (Wildman–Crippen MR) is 127 cm³/mol. The van der Waals surface area contributed by atoms with Crippen molar-refractivity contribution in [3.8, 4) is 22.9 Å². The van der Waals surface area contributed by atoms with Gasteiger partial charge in [-0.25, -0.2) is 4.39 Å². The minimum absolute atomic E-state index is 0.0766. The number of methoxy groups -OCH3 is 2. The van der Waals surface area contributed by atoms with E-state index < -0.39 is 5.82 Å². The van der Waals surface area contributed by atoms with Gasteiger partial charge in [0.05, 0.1) is 20.0 Å². The lowest BCUT2D eigenvalue weighted by Gasteiger charge is -2.17. The molecule has 3 aromatic rings. The van der Waals surface area contributed by atoms with Crippen LogP contribution in [0.4, 0.5) is 4.39 Å². The summed E-state index contributed by atoms with van der Waals surface area (Å²) >= 11 is 1.36. The highest BCUT2D eigenvalue weighted by atomic mass is 32.2. The zero-order chi connectivity index (χ0) is 23.8. The van der Waals surface area contributed by atoms with Crippen molar-refractivity contribution in [2.75, 3.05) is 27.0 Å². The van der Waals surface area contributed by atoms with Crippen LogP contribution in [0.15, 0.2) is 47.6 Å². The maximum absolute atomic E-state index is 13.9. The van der Waals surface area contributed by atoms with Gasteiger partial charge in [0.1, 0.15) is 5.75 Å². The molecule has 1 amide bonds. The first-order chi connectivity index (χ1) is 16.0. The normalized spacial score (nSPS) is 10.8. The first-order valence-corrected chi connectivity index (χ1v) is 11.7. The van der Waals surface area contributed by atoms with Crippen LogP contribution in [0.3, 0.4) is 0 Å². The standard InChI is InChI=1S/C24H29FN4O3S/c1-5-6-13-29-23(18-8-10-19(31-3)11-9-18)26-27-24(29)33-16-22(30)28(2)15-17-7-12-21(32-4)20(25)14-17/h7-12,14H,5-6,13,15-16H2,1-4H3. The molecule has 0 atom stereocenters. The Labute approximate surface area is 197 Å². The van der Waals surface area contributed by atoms with Gasteiger partial charge < -0.3 is 18.9 Å². The number of carbonyl (C=O) groups excluding carboxylic acids is 1. The van der Waals surface area contributed by atoms with Gasteiger partial charge in [-0.3, -0.25) is 4.79 Å². The minimum atomic E-state index is -0.444. The number of aromatic nitrogens is 3. The molecule has 33 heavy (non-hydrogen) atoms. The summed E-state index contributed by atoms with van der Waals surface area (Å²) in [4.78, 5) is 14.3. The van der Waals surface area contributed by atoms with Crippen molar-refractivity contribution >= 4 is 17.7 Å². The van der Waals surface area contributed by atoms with Crippen molar-refractivity contribution in [1.82, 2.24) is 19.7 Å². The third kappa shape index (κ3) is 6.25. The number of thioether (sulfide) groups is 1. The molecular weight excluding hydrogens is 443 g/mol. The van der Waals surface area contributed by atoms with Crippen LogP contribution in [0.2, 0.25) is 0 Å². The fourth-order valence-corrected chi connectivity index (χ4v) is 4.18. The Morgan fingerprint density at radius 3 is 2.52 bits per heavy atom. The number of carbonyl (C=O) groups is 1. The molecule has 0 saturated heterocycles. The number of unbranched alkanes of at least 4 members (excludes halogenated alkanes) is 1. The topological polar surface area (TPSA) is 69.5 Å². The highest BCUT2D eigenvalue weighted by Crippen LogP contribution is 2.26. The van der Waals surface area contributed by atoms with Crippen LogP contribution in [0.1, 0.15) is 25.3 Å². The average molecular weight is 473 g/mol. The van der Waals surface area contributed by atoms with Crippen LogP contribution in [0.25, 0.3) is 11.4 Å². The molecule has 2 aromatic carbocycles. The first-order valence-electron chi connectivity index (χ1n) is 10.7. The van der Waals surface area contributed by atoms with Crippen molar-refractivity contribution in [3.05, 3.63) is 53.8 Å². The van der Waals surface area contributed by atoms with Crippen molar-refractivity contribution in [2.24, 2.45) is 0 Å². The van der Waals surface area contributed by atoms with E-state index in [2.05, 4.69) is 21.7 Å². The maximum Gasteiger partial charge on any atom is 0.233 e. The van der Waals surface area contributed by atoms with Crippen LogP contribution in [0, 0.1) is 5.82 Å². The summed E-state index contributed by atoms with van der Waals surface area (Å²) in [6.45, 7) is 3.20. The third-order valence-corrected chi connectivity index (χ3v) is 6.14. The van der Waals surface area contributed by atoms with Gasteiger partial charge in [-0.05, 0) is 48.4 Å². The quantitative estimate of drug-likeness (QED) is 0.378. The summed E-state index contributed by atoms with van der Waals surface area (Å²) in [6.07, 6.45) is 2.01. The van der Waals surface area contributed by atoms with E-state index in [1.54, 1.807) is 31.2 Å². The molecule has 0 aliphatic carbocycles. The number of ether oxygens (including phenoxy) is 2. The number of hydrogen-bond donors (Lipinski definition) is 0. The molecule has 0 aliphatic rings. The summed E-state index contributed by atoms with van der Waals surface area (Å²) in [5, 5.41) is 9.43. The SMILES string of the molecule is CCCCn1c(SCC(=O)N(C)Cc2ccc(OC)c(F)c2)nnc1-c1ccc(OC)cc1. The summed E-state index contributed by atoms with van der Waals surface area (Å²) in [6, 6.07) is 12.4. The van der Waals surface area contributed by atoms with Gasteiger partial charge in [-0.2, -0.15) is 0 Å². The number of benzene rings is 2. The minimum Gasteiger partial charge on any atom is -0.497 e. The summed E-state index contributed by atoms with van der Waals surface area (Å²) in [7, 11) is 4.76. The number of rotatable bonds is 11. The van der Waals surface area contributed by atoms with E-state index in [0.717, 1.165) is 36.5 Å². The average Bonchev–Trinajstić information content (AvgIpc) is 3.23. The van der Waals surface area contributed by atoms with Crippen molar-refractivity contribution in [3.63, 3.8) is 0 Å². The third-order valence-electron chi connectivity index (χ3n) is 5.19. The van der Waals surface area contributed by atoms with E-state index in [0.29, 0.717) is 17.3 Å². The molecule has 3 rings (SSSR count). The Balaban J connectivity index is 1.68. The highest BCUT2D eigenvalue weighted by Gasteiger charge is 2.17. The highest BCUT2D eigenvalue weighted by molar-refractivity contribution is 7.99. The van der Waals surface area contributed by atoms with Crippen LogP contribution < -0.4 is 9.47 Å². The Bertz CT molecular complexity index is 1070.